The zero-order chi connectivity index (χ0) is 25.4. The van der Waals surface area contributed by atoms with Crippen molar-refractivity contribution >= 4 is 12.0 Å². The zero-order valence-corrected chi connectivity index (χ0v) is 21.3. The van der Waals surface area contributed by atoms with Crippen LogP contribution < -0.4 is 10.1 Å². The molecule has 3 rings (SSSR count). The normalized spacial score (nSPS) is 17.8. The molecule has 1 aliphatic heterocycles. The fourth-order valence-electron chi connectivity index (χ4n) is 4.55. The number of carbonyl (C=O) groups is 2. The van der Waals surface area contributed by atoms with Gasteiger partial charge in [-0.3, -0.25) is 4.79 Å². The number of aryl methyl sites for hydroxylation is 1. The van der Waals surface area contributed by atoms with Gasteiger partial charge in [-0.2, -0.15) is 0 Å². The van der Waals surface area contributed by atoms with Gasteiger partial charge in [0.05, 0.1) is 5.54 Å². The molecule has 1 aliphatic rings. The molecule has 0 aliphatic carbocycles. The Bertz CT molecular complexity index is 1050. The maximum absolute atomic E-state index is 13.0. The number of rotatable bonds is 12. The molecule has 1 heterocycles. The SMILES string of the molecule is CCCCc1ccc(C2(C)NC(=O)N(CCCC(=O)O)C=C2C(C)C)cc1OCc1ccccc1. The Morgan fingerprint density at radius 1 is 1.14 bits per heavy atom. The minimum Gasteiger partial charge on any atom is -0.489 e. The Balaban J connectivity index is 1.92. The number of aliphatic carboxylic acids is 1. The van der Waals surface area contributed by atoms with Crippen LogP contribution in [-0.4, -0.2) is 28.6 Å². The third kappa shape index (κ3) is 6.65. The zero-order valence-electron chi connectivity index (χ0n) is 21.3. The molecular weight excluding hydrogens is 440 g/mol. The van der Waals surface area contributed by atoms with Gasteiger partial charge in [0.1, 0.15) is 12.4 Å². The lowest BCUT2D eigenvalue weighted by molar-refractivity contribution is -0.137. The number of unbranched alkanes of at least 4 members (excludes halogenated alkanes) is 1. The molecule has 1 atom stereocenters. The first-order valence-electron chi connectivity index (χ1n) is 12.6. The van der Waals surface area contributed by atoms with Gasteiger partial charge in [0.2, 0.25) is 0 Å². The molecule has 0 aromatic heterocycles. The van der Waals surface area contributed by atoms with E-state index < -0.39 is 11.5 Å². The number of ether oxygens (including phenoxy) is 1. The molecular formula is C29H38N2O4. The van der Waals surface area contributed by atoms with Crippen LogP contribution in [-0.2, 0) is 23.4 Å². The number of benzene rings is 2. The summed E-state index contributed by atoms with van der Waals surface area (Å²) in [4.78, 5) is 25.5. The number of carboxylic acids is 1. The van der Waals surface area contributed by atoms with E-state index in [1.165, 1.54) is 5.56 Å². The number of carbonyl (C=O) groups excluding carboxylic acids is 1. The summed E-state index contributed by atoms with van der Waals surface area (Å²) in [7, 11) is 0. The Hall–Kier alpha value is -3.28. The van der Waals surface area contributed by atoms with Gasteiger partial charge in [0, 0.05) is 19.2 Å². The molecule has 188 valence electrons. The van der Waals surface area contributed by atoms with Gasteiger partial charge in [0.25, 0.3) is 0 Å². The van der Waals surface area contributed by atoms with Crippen molar-refractivity contribution in [2.24, 2.45) is 5.92 Å². The number of nitrogens with zero attached hydrogens (tertiary/aromatic N) is 1. The molecule has 0 bridgehead atoms. The molecule has 35 heavy (non-hydrogen) atoms. The molecule has 6 heteroatoms. The van der Waals surface area contributed by atoms with Gasteiger partial charge in [-0.05, 0) is 60.4 Å². The van der Waals surface area contributed by atoms with E-state index in [4.69, 9.17) is 9.84 Å². The van der Waals surface area contributed by atoms with Gasteiger partial charge in [-0.15, -0.1) is 0 Å². The molecule has 2 N–H and O–H groups in total. The second-order valence-corrected chi connectivity index (χ2v) is 9.69. The highest BCUT2D eigenvalue weighted by molar-refractivity contribution is 5.79. The fraction of sp³-hybridized carbons (Fsp3) is 0.448. The lowest BCUT2D eigenvalue weighted by atomic mass is 9.78. The predicted molar refractivity (Wildman–Crippen MR) is 138 cm³/mol. The summed E-state index contributed by atoms with van der Waals surface area (Å²) in [5.41, 5.74) is 3.63. The van der Waals surface area contributed by atoms with Crippen LogP contribution in [0.2, 0.25) is 0 Å². The highest BCUT2D eigenvalue weighted by Gasteiger charge is 2.39. The van der Waals surface area contributed by atoms with Crippen LogP contribution in [0.5, 0.6) is 5.75 Å². The number of hydrogen-bond donors (Lipinski definition) is 2. The van der Waals surface area contributed by atoms with Gasteiger partial charge < -0.3 is 20.1 Å². The molecule has 6 nitrogen and oxygen atoms in total. The lowest BCUT2D eigenvalue weighted by Gasteiger charge is -2.42. The van der Waals surface area contributed by atoms with Crippen LogP contribution in [0.15, 0.2) is 60.3 Å². The standard InChI is InChI=1S/C29H38N2O4/c1-5-6-13-23-15-16-24(18-26(23)35-20-22-11-8-7-9-12-22)29(4)25(21(2)3)19-31(28(34)30-29)17-10-14-27(32)33/h7-9,11-12,15-16,18-19,21H,5-6,10,13-14,17,20H2,1-4H3,(H,30,34)(H,32,33). The first kappa shape index (κ1) is 26.3. The van der Waals surface area contributed by atoms with Crippen LogP contribution in [0.25, 0.3) is 0 Å². The minimum atomic E-state index is -0.855. The summed E-state index contributed by atoms with van der Waals surface area (Å²) >= 11 is 0. The molecule has 2 aromatic rings. The summed E-state index contributed by atoms with van der Waals surface area (Å²) in [5.74, 6) is 0.171. The van der Waals surface area contributed by atoms with Crippen molar-refractivity contribution < 1.29 is 19.4 Å². The maximum Gasteiger partial charge on any atom is 0.322 e. The van der Waals surface area contributed by atoms with Crippen molar-refractivity contribution in [2.75, 3.05) is 6.54 Å². The number of carboxylic acid groups (broad SMARTS) is 1. The summed E-state index contributed by atoms with van der Waals surface area (Å²) in [6.45, 7) is 9.29. The third-order valence-electron chi connectivity index (χ3n) is 6.58. The van der Waals surface area contributed by atoms with Crippen LogP contribution in [0.3, 0.4) is 0 Å². The van der Waals surface area contributed by atoms with E-state index >= 15 is 0 Å². The van der Waals surface area contributed by atoms with Crippen molar-refractivity contribution in [3.05, 3.63) is 77.0 Å². The van der Waals surface area contributed by atoms with E-state index in [0.29, 0.717) is 19.6 Å². The van der Waals surface area contributed by atoms with E-state index in [1.807, 2.05) is 31.3 Å². The molecule has 1 unspecified atom stereocenters. The molecule has 2 amide bonds. The number of urea groups is 1. The molecule has 0 radical (unpaired) electrons. The van der Waals surface area contributed by atoms with E-state index in [1.54, 1.807) is 4.90 Å². The second-order valence-electron chi connectivity index (χ2n) is 9.69. The van der Waals surface area contributed by atoms with E-state index in [9.17, 15) is 9.59 Å². The summed E-state index contributed by atoms with van der Waals surface area (Å²) in [6, 6.07) is 16.2. The van der Waals surface area contributed by atoms with Crippen LogP contribution in [0, 0.1) is 5.92 Å². The van der Waals surface area contributed by atoms with Crippen molar-refractivity contribution in [3.63, 3.8) is 0 Å². The Kier molecular flexibility index (Phi) is 8.96. The third-order valence-corrected chi connectivity index (χ3v) is 6.58. The molecule has 2 aromatic carbocycles. The molecule has 0 fully saturated rings. The molecule has 0 saturated carbocycles. The van der Waals surface area contributed by atoms with Crippen LogP contribution >= 0.6 is 0 Å². The summed E-state index contributed by atoms with van der Waals surface area (Å²) in [6.07, 6.45) is 5.47. The second kappa shape index (κ2) is 11.9. The van der Waals surface area contributed by atoms with Crippen molar-refractivity contribution in [2.45, 2.75) is 71.9 Å². The Morgan fingerprint density at radius 2 is 1.89 bits per heavy atom. The first-order valence-corrected chi connectivity index (χ1v) is 12.6. The van der Waals surface area contributed by atoms with Gasteiger partial charge >= 0.3 is 12.0 Å². The average molecular weight is 479 g/mol. The first-order chi connectivity index (χ1) is 16.7. The van der Waals surface area contributed by atoms with E-state index in [0.717, 1.165) is 41.7 Å². The maximum atomic E-state index is 13.0. The molecule has 0 saturated heterocycles. The highest BCUT2D eigenvalue weighted by Crippen LogP contribution is 2.39. The average Bonchev–Trinajstić information content (AvgIpc) is 2.83. The van der Waals surface area contributed by atoms with E-state index in [-0.39, 0.29) is 18.4 Å². The quantitative estimate of drug-likeness (QED) is 0.378. The Labute approximate surface area is 209 Å². The van der Waals surface area contributed by atoms with Crippen LogP contribution in [0.4, 0.5) is 4.79 Å². The summed E-state index contributed by atoms with van der Waals surface area (Å²) in [5, 5.41) is 12.2. The van der Waals surface area contributed by atoms with Crippen LogP contribution in [0.1, 0.15) is 70.1 Å². The van der Waals surface area contributed by atoms with E-state index in [2.05, 4.69) is 56.4 Å². The fourth-order valence-corrected chi connectivity index (χ4v) is 4.55. The van der Waals surface area contributed by atoms with Crippen molar-refractivity contribution in [1.29, 1.82) is 0 Å². The van der Waals surface area contributed by atoms with Crippen molar-refractivity contribution in [1.82, 2.24) is 10.2 Å². The topological polar surface area (TPSA) is 78.9 Å². The number of hydrogen-bond acceptors (Lipinski definition) is 3. The number of nitrogens with one attached hydrogen (secondary N) is 1. The molecule has 0 spiro atoms. The predicted octanol–water partition coefficient (Wildman–Crippen LogP) is 6.25. The van der Waals surface area contributed by atoms with Gasteiger partial charge in [-0.25, -0.2) is 4.79 Å². The number of amides is 2. The summed E-state index contributed by atoms with van der Waals surface area (Å²) < 4.78 is 6.32. The largest absolute Gasteiger partial charge is 0.489 e. The lowest BCUT2D eigenvalue weighted by Crippen LogP contribution is -2.54. The monoisotopic (exact) mass is 478 g/mol. The minimum absolute atomic E-state index is 0.0350. The highest BCUT2D eigenvalue weighted by atomic mass is 16.5. The van der Waals surface area contributed by atoms with Crippen molar-refractivity contribution in [3.8, 4) is 5.75 Å². The Morgan fingerprint density at radius 3 is 2.54 bits per heavy atom. The van der Waals surface area contributed by atoms with Gasteiger partial charge in [-0.1, -0.05) is 69.7 Å². The van der Waals surface area contributed by atoms with Gasteiger partial charge in [0.15, 0.2) is 0 Å². The smallest absolute Gasteiger partial charge is 0.322 e.